The maximum absolute atomic E-state index is 13.7. The van der Waals surface area contributed by atoms with Crippen LogP contribution in [0.2, 0.25) is 0 Å². The average Bonchev–Trinajstić information content (AvgIpc) is 2.28. The topological polar surface area (TPSA) is 22.1 Å². The predicted octanol–water partition coefficient (Wildman–Crippen LogP) is 4.09. The lowest BCUT2D eigenvalue weighted by Gasteiger charge is -2.13. The third-order valence-electron chi connectivity index (χ3n) is 2.35. The van der Waals surface area contributed by atoms with E-state index >= 15 is 0 Å². The van der Waals surface area contributed by atoms with Crippen molar-refractivity contribution in [3.63, 3.8) is 0 Å². The van der Waals surface area contributed by atoms with Gasteiger partial charge in [0.15, 0.2) is 0 Å². The minimum absolute atomic E-state index is 0.0441. The van der Waals surface area contributed by atoms with Gasteiger partial charge in [0.1, 0.15) is 17.3 Å². The van der Waals surface area contributed by atoms with Gasteiger partial charge < -0.3 is 4.74 Å². The van der Waals surface area contributed by atoms with Crippen LogP contribution in [0.5, 0.6) is 5.75 Å². The highest BCUT2D eigenvalue weighted by atomic mass is 19.4. The fraction of sp³-hybridized carbons (Fsp3) is 0.154. The first-order valence-electron chi connectivity index (χ1n) is 5.34. The van der Waals surface area contributed by atoms with Crippen molar-refractivity contribution in [1.82, 2.24) is 4.98 Å². The first-order valence-corrected chi connectivity index (χ1v) is 5.34. The summed E-state index contributed by atoms with van der Waals surface area (Å²) in [4.78, 5) is 3.82. The number of pyridine rings is 1. The van der Waals surface area contributed by atoms with Gasteiger partial charge in [-0.3, -0.25) is 4.98 Å². The molecule has 0 aliphatic heterocycles. The largest absolute Gasteiger partial charge is 0.573 e. The molecule has 1 aromatic heterocycles. The van der Waals surface area contributed by atoms with E-state index in [0.717, 1.165) is 6.07 Å². The Kier molecular flexibility index (Phi) is 3.42. The second kappa shape index (κ2) is 4.87. The molecule has 0 aliphatic carbocycles. The first kappa shape index (κ1) is 13.3. The molecule has 0 N–H and O–H groups in total. The summed E-state index contributed by atoms with van der Waals surface area (Å²) in [7, 11) is 0. The average molecular weight is 271 g/mol. The first-order chi connectivity index (χ1) is 8.87. The third kappa shape index (κ3) is 3.21. The Balaban J connectivity index is 2.50. The third-order valence-corrected chi connectivity index (χ3v) is 2.35. The minimum atomic E-state index is -4.84. The molecule has 0 atom stereocenters. The molecule has 1 aromatic carbocycles. The van der Waals surface area contributed by atoms with Crippen molar-refractivity contribution in [2.24, 2.45) is 0 Å². The number of benzene rings is 1. The number of aromatic nitrogens is 1. The summed E-state index contributed by atoms with van der Waals surface area (Å²) in [5, 5.41) is 0. The number of nitrogens with zero attached hydrogens (tertiary/aromatic N) is 1. The monoisotopic (exact) mass is 271 g/mol. The van der Waals surface area contributed by atoms with Crippen molar-refractivity contribution in [3.8, 4) is 17.0 Å². The van der Waals surface area contributed by atoms with Crippen LogP contribution in [0, 0.1) is 12.7 Å². The molecule has 6 heteroatoms. The second-order valence-corrected chi connectivity index (χ2v) is 3.89. The Hall–Kier alpha value is -2.11. The number of rotatable bonds is 2. The Labute approximate surface area is 106 Å². The molecule has 2 rings (SSSR count). The lowest BCUT2D eigenvalue weighted by molar-refractivity contribution is -0.274. The maximum Gasteiger partial charge on any atom is 0.573 e. The molecule has 2 nitrogen and oxygen atoms in total. The lowest BCUT2D eigenvalue weighted by Crippen LogP contribution is -2.17. The van der Waals surface area contributed by atoms with Crippen molar-refractivity contribution >= 4 is 0 Å². The fourth-order valence-corrected chi connectivity index (χ4v) is 1.61. The van der Waals surface area contributed by atoms with Crippen LogP contribution in [-0.2, 0) is 0 Å². The van der Waals surface area contributed by atoms with Crippen molar-refractivity contribution in [1.29, 1.82) is 0 Å². The van der Waals surface area contributed by atoms with E-state index in [-0.39, 0.29) is 11.3 Å². The second-order valence-electron chi connectivity index (χ2n) is 3.89. The van der Waals surface area contributed by atoms with Crippen LogP contribution in [-0.4, -0.2) is 11.3 Å². The molecule has 19 heavy (non-hydrogen) atoms. The van der Waals surface area contributed by atoms with Gasteiger partial charge in [0, 0.05) is 11.8 Å². The van der Waals surface area contributed by atoms with Gasteiger partial charge in [0.05, 0.1) is 0 Å². The summed E-state index contributed by atoms with van der Waals surface area (Å²) in [5.74, 6) is -1.18. The van der Waals surface area contributed by atoms with Crippen LogP contribution >= 0.6 is 0 Å². The van der Waals surface area contributed by atoms with Crippen LogP contribution in [0.15, 0.2) is 36.5 Å². The van der Waals surface area contributed by atoms with E-state index in [1.54, 1.807) is 6.92 Å². The Morgan fingerprint density at radius 2 is 1.84 bits per heavy atom. The number of aryl methyl sites for hydroxylation is 1. The summed E-state index contributed by atoms with van der Waals surface area (Å²) >= 11 is 0. The van der Waals surface area contributed by atoms with Gasteiger partial charge in [-0.25, -0.2) is 4.39 Å². The van der Waals surface area contributed by atoms with Gasteiger partial charge in [-0.2, -0.15) is 0 Å². The molecule has 0 bridgehead atoms. The van der Waals surface area contributed by atoms with Crippen LogP contribution in [0.1, 0.15) is 5.56 Å². The van der Waals surface area contributed by atoms with Gasteiger partial charge >= 0.3 is 6.36 Å². The molecule has 0 saturated heterocycles. The highest BCUT2D eigenvalue weighted by Crippen LogP contribution is 2.33. The fourth-order valence-electron chi connectivity index (χ4n) is 1.61. The molecule has 0 fully saturated rings. The zero-order chi connectivity index (χ0) is 14.0. The molecule has 0 saturated carbocycles. The molecule has 1 heterocycles. The maximum atomic E-state index is 13.7. The van der Waals surface area contributed by atoms with E-state index in [1.807, 2.05) is 0 Å². The van der Waals surface area contributed by atoms with E-state index in [4.69, 9.17) is 0 Å². The molecule has 0 radical (unpaired) electrons. The quantitative estimate of drug-likeness (QED) is 0.767. The van der Waals surface area contributed by atoms with Gasteiger partial charge in [-0.1, -0.05) is 12.1 Å². The van der Waals surface area contributed by atoms with Crippen molar-refractivity contribution < 1.29 is 22.3 Å². The molecule has 0 unspecified atom stereocenters. The Bertz CT molecular complexity index is 595. The van der Waals surface area contributed by atoms with E-state index < -0.39 is 17.9 Å². The lowest BCUT2D eigenvalue weighted by atomic mass is 10.1. The highest BCUT2D eigenvalue weighted by molar-refractivity contribution is 5.67. The SMILES string of the molecule is Cc1cnc(-c2ccccc2OC(F)(F)F)c(F)c1. The Morgan fingerprint density at radius 3 is 2.47 bits per heavy atom. The van der Waals surface area contributed by atoms with Crippen molar-refractivity contribution in [2.75, 3.05) is 0 Å². The highest BCUT2D eigenvalue weighted by Gasteiger charge is 2.32. The van der Waals surface area contributed by atoms with Gasteiger partial charge in [-0.05, 0) is 30.7 Å². The van der Waals surface area contributed by atoms with Gasteiger partial charge in [-0.15, -0.1) is 13.2 Å². The van der Waals surface area contributed by atoms with Crippen LogP contribution in [0.25, 0.3) is 11.3 Å². The van der Waals surface area contributed by atoms with Crippen LogP contribution < -0.4 is 4.74 Å². The summed E-state index contributed by atoms with van der Waals surface area (Å²) in [5.41, 5.74) is 0.359. The standard InChI is InChI=1S/C13H9F4NO/c1-8-6-10(14)12(18-7-8)9-4-2-3-5-11(9)19-13(15,16)17/h2-7H,1H3. The van der Waals surface area contributed by atoms with Crippen LogP contribution in [0.4, 0.5) is 17.6 Å². The molecule has 100 valence electrons. The molecule has 0 spiro atoms. The molecule has 2 aromatic rings. The summed E-state index contributed by atoms with van der Waals surface area (Å²) in [6.45, 7) is 1.64. The number of alkyl halides is 3. The smallest absolute Gasteiger partial charge is 0.405 e. The van der Waals surface area contributed by atoms with Gasteiger partial charge in [0.25, 0.3) is 0 Å². The van der Waals surface area contributed by atoms with E-state index in [1.165, 1.54) is 30.5 Å². The van der Waals surface area contributed by atoms with Crippen LogP contribution in [0.3, 0.4) is 0 Å². The predicted molar refractivity (Wildman–Crippen MR) is 61.1 cm³/mol. The number of halogens is 4. The summed E-state index contributed by atoms with van der Waals surface area (Å²) < 4.78 is 54.4. The number of hydrogen-bond donors (Lipinski definition) is 0. The number of ether oxygens (including phenoxy) is 1. The number of para-hydroxylation sites is 1. The van der Waals surface area contributed by atoms with E-state index in [2.05, 4.69) is 9.72 Å². The zero-order valence-corrected chi connectivity index (χ0v) is 9.83. The zero-order valence-electron chi connectivity index (χ0n) is 9.83. The Morgan fingerprint density at radius 1 is 1.16 bits per heavy atom. The summed E-state index contributed by atoms with van der Waals surface area (Å²) in [6, 6.07) is 6.49. The normalized spacial score (nSPS) is 11.4. The minimum Gasteiger partial charge on any atom is -0.405 e. The number of hydrogen-bond acceptors (Lipinski definition) is 2. The molecular weight excluding hydrogens is 262 g/mol. The molecule has 0 aliphatic rings. The molecule has 0 amide bonds. The van der Waals surface area contributed by atoms with Crippen molar-refractivity contribution in [3.05, 3.63) is 47.9 Å². The summed E-state index contributed by atoms with van der Waals surface area (Å²) in [6.07, 6.45) is -3.46. The van der Waals surface area contributed by atoms with E-state index in [0.29, 0.717) is 5.56 Å². The van der Waals surface area contributed by atoms with E-state index in [9.17, 15) is 17.6 Å². The van der Waals surface area contributed by atoms with Crippen molar-refractivity contribution in [2.45, 2.75) is 13.3 Å². The molecular formula is C13H9F4NO. The van der Waals surface area contributed by atoms with Gasteiger partial charge in [0.2, 0.25) is 0 Å².